The van der Waals surface area contributed by atoms with Crippen LogP contribution in [0.15, 0.2) is 36.4 Å². The van der Waals surface area contributed by atoms with E-state index in [9.17, 15) is 9.59 Å². The summed E-state index contributed by atoms with van der Waals surface area (Å²) in [7, 11) is 2.92. The van der Waals surface area contributed by atoms with E-state index in [4.69, 9.17) is 31.1 Å². The van der Waals surface area contributed by atoms with Crippen LogP contribution < -0.4 is 14.8 Å². The van der Waals surface area contributed by atoms with Gasteiger partial charge in [-0.3, -0.25) is 4.79 Å². The Labute approximate surface area is 155 Å². The molecule has 0 saturated heterocycles. The Bertz CT molecular complexity index is 876. The van der Waals surface area contributed by atoms with Crippen molar-refractivity contribution in [3.63, 3.8) is 0 Å². The molecule has 0 aromatic heterocycles. The van der Waals surface area contributed by atoms with Gasteiger partial charge in [0, 0.05) is 5.02 Å². The number of amides is 1. The monoisotopic (exact) mass is 374 g/mol. The number of hydrogen-bond acceptors (Lipinski definition) is 6. The predicted octanol–water partition coefficient (Wildman–Crippen LogP) is 3.02. The van der Waals surface area contributed by atoms with Crippen LogP contribution in [0.2, 0.25) is 5.02 Å². The first-order valence-corrected chi connectivity index (χ1v) is 7.75. The molecular formula is C18H15ClN2O5. The van der Waals surface area contributed by atoms with Crippen LogP contribution in [0.25, 0.3) is 0 Å². The van der Waals surface area contributed by atoms with Crippen LogP contribution in [0.5, 0.6) is 11.5 Å². The molecule has 0 bridgehead atoms. The van der Waals surface area contributed by atoms with Crippen LogP contribution in [0, 0.1) is 11.3 Å². The molecular weight excluding hydrogens is 360 g/mol. The molecule has 1 amide bonds. The minimum Gasteiger partial charge on any atom is -0.493 e. The van der Waals surface area contributed by atoms with Crippen molar-refractivity contribution in [3.05, 3.63) is 52.5 Å². The highest BCUT2D eigenvalue weighted by Gasteiger charge is 2.14. The van der Waals surface area contributed by atoms with Crippen molar-refractivity contribution in [2.45, 2.75) is 0 Å². The number of anilines is 1. The third kappa shape index (κ3) is 4.65. The molecule has 0 atom stereocenters. The molecule has 26 heavy (non-hydrogen) atoms. The molecule has 7 nitrogen and oxygen atoms in total. The zero-order valence-corrected chi connectivity index (χ0v) is 14.8. The molecule has 0 spiro atoms. The van der Waals surface area contributed by atoms with E-state index in [0.717, 1.165) is 0 Å². The van der Waals surface area contributed by atoms with Crippen molar-refractivity contribution >= 4 is 29.2 Å². The normalized spacial score (nSPS) is 9.77. The molecule has 0 unspecified atom stereocenters. The Morgan fingerprint density at radius 1 is 1.12 bits per heavy atom. The molecule has 0 radical (unpaired) electrons. The molecule has 0 aliphatic rings. The maximum absolute atomic E-state index is 12.1. The number of carbonyl (C=O) groups is 2. The fraction of sp³-hybridized carbons (Fsp3) is 0.167. The number of benzene rings is 2. The van der Waals surface area contributed by atoms with Gasteiger partial charge in [-0.15, -0.1) is 0 Å². The largest absolute Gasteiger partial charge is 0.493 e. The van der Waals surface area contributed by atoms with Crippen LogP contribution in [0.3, 0.4) is 0 Å². The number of ether oxygens (including phenoxy) is 3. The summed E-state index contributed by atoms with van der Waals surface area (Å²) in [5.74, 6) is -0.471. The third-order valence-corrected chi connectivity index (χ3v) is 3.56. The van der Waals surface area contributed by atoms with Gasteiger partial charge in [0.05, 0.1) is 31.0 Å². The summed E-state index contributed by atoms with van der Waals surface area (Å²) in [5, 5.41) is 11.9. The first kappa shape index (κ1) is 19.1. The number of nitrogens with one attached hydrogen (secondary N) is 1. The first-order chi connectivity index (χ1) is 12.5. The van der Waals surface area contributed by atoms with Gasteiger partial charge in [-0.1, -0.05) is 11.6 Å². The zero-order chi connectivity index (χ0) is 19.1. The summed E-state index contributed by atoms with van der Waals surface area (Å²) in [6.45, 7) is -0.523. The lowest BCUT2D eigenvalue weighted by Gasteiger charge is -2.10. The fourth-order valence-electron chi connectivity index (χ4n) is 2.08. The Balaban J connectivity index is 2.00. The van der Waals surface area contributed by atoms with Crippen molar-refractivity contribution in [3.8, 4) is 17.6 Å². The molecule has 0 heterocycles. The second-order valence-electron chi connectivity index (χ2n) is 5.00. The van der Waals surface area contributed by atoms with Gasteiger partial charge in [0.25, 0.3) is 5.91 Å². The van der Waals surface area contributed by atoms with Crippen molar-refractivity contribution in [2.75, 3.05) is 26.1 Å². The first-order valence-electron chi connectivity index (χ1n) is 7.37. The van der Waals surface area contributed by atoms with Crippen molar-refractivity contribution in [1.82, 2.24) is 0 Å². The number of rotatable bonds is 6. The Morgan fingerprint density at radius 3 is 2.50 bits per heavy atom. The van der Waals surface area contributed by atoms with Crippen molar-refractivity contribution in [1.29, 1.82) is 5.26 Å². The highest BCUT2D eigenvalue weighted by Crippen LogP contribution is 2.27. The topological polar surface area (TPSA) is 97.6 Å². The van der Waals surface area contributed by atoms with Crippen LogP contribution in [0.4, 0.5) is 5.69 Å². The van der Waals surface area contributed by atoms with Crippen LogP contribution in [0.1, 0.15) is 15.9 Å². The van der Waals surface area contributed by atoms with Gasteiger partial charge < -0.3 is 19.5 Å². The molecule has 0 aliphatic heterocycles. The van der Waals surface area contributed by atoms with Gasteiger partial charge in [-0.2, -0.15) is 5.26 Å². The summed E-state index contributed by atoms with van der Waals surface area (Å²) >= 11 is 5.85. The second-order valence-corrected chi connectivity index (χ2v) is 5.43. The smallest absolute Gasteiger partial charge is 0.338 e. The van der Waals surface area contributed by atoms with Crippen LogP contribution in [-0.4, -0.2) is 32.7 Å². The third-order valence-electron chi connectivity index (χ3n) is 3.33. The number of nitrogens with zero attached hydrogens (tertiary/aromatic N) is 1. The maximum Gasteiger partial charge on any atom is 0.338 e. The average molecular weight is 375 g/mol. The van der Waals surface area contributed by atoms with E-state index < -0.39 is 18.5 Å². The van der Waals surface area contributed by atoms with E-state index in [1.165, 1.54) is 44.6 Å². The van der Waals surface area contributed by atoms with Crippen molar-refractivity contribution in [2.24, 2.45) is 0 Å². The quantitative estimate of drug-likeness (QED) is 0.780. The molecule has 0 fully saturated rings. The van der Waals surface area contributed by atoms with Gasteiger partial charge in [-0.05, 0) is 36.4 Å². The van der Waals surface area contributed by atoms with Gasteiger partial charge in [0.15, 0.2) is 18.1 Å². The summed E-state index contributed by atoms with van der Waals surface area (Å²) in [4.78, 5) is 24.0. The number of halogens is 1. The minimum absolute atomic E-state index is 0.205. The summed E-state index contributed by atoms with van der Waals surface area (Å²) < 4.78 is 15.2. The summed E-state index contributed by atoms with van der Waals surface area (Å²) in [6, 6.07) is 10.9. The fourth-order valence-corrected chi connectivity index (χ4v) is 2.25. The Hall–Kier alpha value is -3.24. The summed E-state index contributed by atoms with van der Waals surface area (Å²) in [6.07, 6.45) is 0. The van der Waals surface area contributed by atoms with E-state index in [-0.39, 0.29) is 16.8 Å². The number of methoxy groups -OCH3 is 2. The van der Waals surface area contributed by atoms with E-state index >= 15 is 0 Å². The molecule has 0 aliphatic carbocycles. The SMILES string of the molecule is COc1ccc(C(=O)OCC(=O)Nc2cc(Cl)ccc2C#N)cc1OC. The summed E-state index contributed by atoms with van der Waals surface area (Å²) in [5.41, 5.74) is 0.692. The molecule has 2 rings (SSSR count). The number of carbonyl (C=O) groups excluding carboxylic acids is 2. The zero-order valence-electron chi connectivity index (χ0n) is 14.0. The maximum atomic E-state index is 12.1. The van der Waals surface area contributed by atoms with E-state index in [2.05, 4.69) is 5.32 Å². The molecule has 1 N–H and O–H groups in total. The lowest BCUT2D eigenvalue weighted by atomic mass is 10.2. The molecule has 2 aromatic carbocycles. The van der Waals surface area contributed by atoms with Crippen molar-refractivity contribution < 1.29 is 23.8 Å². The van der Waals surface area contributed by atoms with E-state index in [1.54, 1.807) is 6.07 Å². The van der Waals surface area contributed by atoms with Gasteiger partial charge >= 0.3 is 5.97 Å². The Morgan fingerprint density at radius 2 is 1.85 bits per heavy atom. The van der Waals surface area contributed by atoms with E-state index in [0.29, 0.717) is 16.5 Å². The molecule has 0 saturated carbocycles. The van der Waals surface area contributed by atoms with Crippen LogP contribution >= 0.6 is 11.6 Å². The minimum atomic E-state index is -0.701. The highest BCUT2D eigenvalue weighted by molar-refractivity contribution is 6.31. The second kappa shape index (κ2) is 8.74. The van der Waals surface area contributed by atoms with Gasteiger partial charge in [-0.25, -0.2) is 4.79 Å². The van der Waals surface area contributed by atoms with Gasteiger partial charge in [0.1, 0.15) is 6.07 Å². The molecule has 8 heteroatoms. The Kier molecular flexibility index (Phi) is 6.42. The lowest BCUT2D eigenvalue weighted by molar-refractivity contribution is -0.119. The van der Waals surface area contributed by atoms with E-state index in [1.807, 2.05) is 6.07 Å². The lowest BCUT2D eigenvalue weighted by Crippen LogP contribution is -2.21. The standard InChI is InChI=1S/C18H15ClN2O5/c1-24-15-6-4-11(7-16(15)25-2)18(23)26-10-17(22)21-14-8-13(19)5-3-12(14)9-20/h3-8H,10H2,1-2H3,(H,21,22). The molecule has 2 aromatic rings. The molecule has 134 valence electrons. The van der Waals surface area contributed by atoms with Crippen LogP contribution in [-0.2, 0) is 9.53 Å². The average Bonchev–Trinajstić information content (AvgIpc) is 2.65. The van der Waals surface area contributed by atoms with Gasteiger partial charge in [0.2, 0.25) is 0 Å². The number of esters is 1. The number of nitriles is 1. The predicted molar refractivity (Wildman–Crippen MR) is 94.6 cm³/mol. The number of hydrogen-bond donors (Lipinski definition) is 1. The highest BCUT2D eigenvalue weighted by atomic mass is 35.5.